The molecule has 0 aromatic heterocycles. The van der Waals surface area contributed by atoms with Gasteiger partial charge in [0.1, 0.15) is 48.2 Å². The first-order valence-corrected chi connectivity index (χ1v) is 20.7. The van der Waals surface area contributed by atoms with Crippen molar-refractivity contribution >= 4 is 53.0 Å². The zero-order chi connectivity index (χ0) is 43.6. The first kappa shape index (κ1) is 44.4. The van der Waals surface area contributed by atoms with E-state index in [-0.39, 0.29) is 61.9 Å². The molecule has 4 fully saturated rings. The molecule has 9 atom stereocenters. The molecule has 6 rings (SSSR count). The van der Waals surface area contributed by atoms with Crippen molar-refractivity contribution in [2.75, 3.05) is 39.8 Å². The van der Waals surface area contributed by atoms with E-state index in [1.807, 2.05) is 30.9 Å². The van der Waals surface area contributed by atoms with E-state index >= 15 is 0 Å². The van der Waals surface area contributed by atoms with Gasteiger partial charge in [-0.25, -0.2) is 9.18 Å². The van der Waals surface area contributed by atoms with E-state index in [4.69, 9.17) is 16.3 Å². The minimum Gasteiger partial charge on any atom is -0.458 e. The van der Waals surface area contributed by atoms with Gasteiger partial charge in [0, 0.05) is 50.6 Å². The number of fused-ring (bicyclic) bond motifs is 3. The Kier molecular flexibility index (Phi) is 13.8. The number of cyclic esters (lactones) is 1. The molecule has 6 amide bonds. The average molecular weight is 854 g/mol. The minimum atomic E-state index is -1.66. The first-order chi connectivity index (χ1) is 28.4. The molecule has 4 aliphatic heterocycles. The molecule has 4 saturated heterocycles. The number of aliphatic hydroxyl groups excluding tert-OH is 1. The number of nitrogens with zero attached hydrogens (tertiary/aromatic N) is 4. The third kappa shape index (κ3) is 10.1. The first-order valence-electron chi connectivity index (χ1n) is 20.3. The number of ether oxygens (including phenoxy) is 1. The zero-order valence-electron chi connectivity index (χ0n) is 34.4. The van der Waals surface area contributed by atoms with Crippen molar-refractivity contribution < 1.29 is 47.8 Å². The molecular formula is C42H53ClFN7O9. The molecule has 2 aromatic carbocycles. The van der Waals surface area contributed by atoms with Gasteiger partial charge in [0.15, 0.2) is 0 Å². The van der Waals surface area contributed by atoms with Crippen LogP contribution in [0.25, 0.3) is 0 Å². The van der Waals surface area contributed by atoms with Crippen molar-refractivity contribution in [1.29, 1.82) is 0 Å². The normalized spacial score (nSPS) is 28.7. The number of amides is 6. The second-order valence-electron chi connectivity index (χ2n) is 16.6. The SMILES string of the molecule is Cc1cccc(C[C@H](NC(=O)Cc2ccc(Cl)cc2F)C(=O)N[C@@H]2C(=O)N3C[C@H](O)C[C@H]3C(=O)N3CCN(C)C[C@H]3C(=O)N[C@@H](C)C(=O)N3C[C@H](C)C[C@H]3C(=O)O[C@H]2C)c1. The van der Waals surface area contributed by atoms with E-state index < -0.39 is 102 Å². The van der Waals surface area contributed by atoms with Crippen molar-refractivity contribution in [2.45, 2.75) is 102 Å². The molecule has 324 valence electrons. The van der Waals surface area contributed by atoms with Crippen molar-refractivity contribution in [3.8, 4) is 0 Å². The van der Waals surface area contributed by atoms with Crippen LogP contribution in [-0.4, -0.2) is 154 Å². The topological polar surface area (TPSA) is 198 Å². The summed E-state index contributed by atoms with van der Waals surface area (Å²) in [4.78, 5) is 105. The van der Waals surface area contributed by atoms with Crippen molar-refractivity contribution in [2.24, 2.45) is 5.92 Å². The summed E-state index contributed by atoms with van der Waals surface area (Å²) in [6, 6.07) is 3.63. The average Bonchev–Trinajstić information content (AvgIpc) is 3.78. The van der Waals surface area contributed by atoms with Gasteiger partial charge in [0.2, 0.25) is 35.4 Å². The Morgan fingerprint density at radius 1 is 0.917 bits per heavy atom. The van der Waals surface area contributed by atoms with Crippen LogP contribution in [0.15, 0.2) is 42.5 Å². The number of esters is 1. The highest BCUT2D eigenvalue weighted by atomic mass is 35.5. The molecule has 18 heteroatoms. The zero-order valence-corrected chi connectivity index (χ0v) is 35.1. The van der Waals surface area contributed by atoms with E-state index in [0.29, 0.717) is 12.1 Å². The Morgan fingerprint density at radius 2 is 1.65 bits per heavy atom. The van der Waals surface area contributed by atoms with Gasteiger partial charge in [-0.3, -0.25) is 28.8 Å². The molecule has 0 bridgehead atoms. The molecule has 4 N–H and O–H groups in total. The Balaban J connectivity index is 1.36. The summed E-state index contributed by atoms with van der Waals surface area (Å²) in [6.45, 7) is 7.16. The lowest BCUT2D eigenvalue weighted by Gasteiger charge is -2.42. The summed E-state index contributed by atoms with van der Waals surface area (Å²) in [7, 11) is 1.79. The highest BCUT2D eigenvalue weighted by molar-refractivity contribution is 6.30. The van der Waals surface area contributed by atoms with Gasteiger partial charge in [0.25, 0.3) is 0 Å². The number of rotatable bonds is 7. The molecule has 0 unspecified atom stereocenters. The van der Waals surface area contributed by atoms with Gasteiger partial charge in [-0.2, -0.15) is 0 Å². The van der Waals surface area contributed by atoms with Gasteiger partial charge in [-0.05, 0) is 63.4 Å². The summed E-state index contributed by atoms with van der Waals surface area (Å²) in [5.41, 5.74) is 1.57. The lowest BCUT2D eigenvalue weighted by molar-refractivity contribution is -0.163. The molecule has 0 spiro atoms. The van der Waals surface area contributed by atoms with Crippen LogP contribution in [0.4, 0.5) is 4.39 Å². The quantitative estimate of drug-likeness (QED) is 0.282. The fourth-order valence-corrected chi connectivity index (χ4v) is 8.69. The Hall–Kier alpha value is -5.13. The number of hydrogen-bond acceptors (Lipinski definition) is 10. The largest absolute Gasteiger partial charge is 0.458 e. The summed E-state index contributed by atoms with van der Waals surface area (Å²) in [6.07, 6.45) is -2.97. The third-order valence-corrected chi connectivity index (χ3v) is 11.9. The lowest BCUT2D eigenvalue weighted by atomic mass is 10.0. The summed E-state index contributed by atoms with van der Waals surface area (Å²) >= 11 is 5.91. The molecule has 4 aliphatic rings. The number of nitrogens with one attached hydrogen (secondary N) is 3. The monoisotopic (exact) mass is 853 g/mol. The summed E-state index contributed by atoms with van der Waals surface area (Å²) < 4.78 is 20.6. The molecule has 0 saturated carbocycles. The van der Waals surface area contributed by atoms with E-state index in [9.17, 15) is 43.1 Å². The molecule has 2 aromatic rings. The van der Waals surface area contributed by atoms with Crippen LogP contribution in [0.2, 0.25) is 5.02 Å². The second-order valence-corrected chi connectivity index (χ2v) is 17.1. The predicted molar refractivity (Wildman–Crippen MR) is 215 cm³/mol. The Morgan fingerprint density at radius 3 is 2.37 bits per heavy atom. The maximum atomic E-state index is 14.8. The van der Waals surface area contributed by atoms with Crippen LogP contribution in [-0.2, 0) is 51.1 Å². The number of halogens is 2. The standard InChI is InChI=1S/C42H53ClFN7O9/c1-22-7-6-8-26(13-22)15-31(46-35(53)16-27-9-10-28(43)17-30(27)44)37(54)47-36-25(4)60-42(59)33-14-23(2)19-50(33)39(56)24(3)45-38(55)34-21-48(5)11-12-49(34)40(57)32-18-29(52)20-51(32)41(36)58/h6-10,13,17,23-25,29,31-34,36,52H,11-12,14-16,18-21H2,1-5H3,(H,45,55)(H,46,53)(H,47,54)/t23-,24+,25+,29-,31+,32+,33+,34+,36+/m1/s1. The summed E-state index contributed by atoms with van der Waals surface area (Å²) in [5.74, 6) is -5.83. The predicted octanol–water partition coefficient (Wildman–Crippen LogP) is 0.334. The van der Waals surface area contributed by atoms with E-state index in [1.54, 1.807) is 19.2 Å². The maximum absolute atomic E-state index is 14.8. The number of carbonyl (C=O) groups excluding carboxylic acids is 7. The number of piperazine rings is 1. The van der Waals surface area contributed by atoms with Crippen LogP contribution in [0.1, 0.15) is 50.3 Å². The number of likely N-dealkylation sites (N-methyl/N-ethyl adjacent to an activating group) is 1. The van der Waals surface area contributed by atoms with Gasteiger partial charge in [-0.1, -0.05) is 54.4 Å². The third-order valence-electron chi connectivity index (χ3n) is 11.7. The summed E-state index contributed by atoms with van der Waals surface area (Å²) in [5, 5.41) is 19.2. The second kappa shape index (κ2) is 18.6. The van der Waals surface area contributed by atoms with Crippen LogP contribution < -0.4 is 16.0 Å². The maximum Gasteiger partial charge on any atom is 0.329 e. The van der Waals surface area contributed by atoms with Gasteiger partial charge in [0.05, 0.1) is 12.5 Å². The molecule has 0 aliphatic carbocycles. The molecule has 4 heterocycles. The number of benzene rings is 2. The Bertz CT molecular complexity index is 2020. The van der Waals surface area contributed by atoms with Crippen LogP contribution in [0.3, 0.4) is 0 Å². The van der Waals surface area contributed by atoms with Crippen LogP contribution in [0.5, 0.6) is 0 Å². The van der Waals surface area contributed by atoms with Crippen LogP contribution >= 0.6 is 11.6 Å². The number of aliphatic hydroxyl groups is 1. The fraction of sp³-hybridized carbons (Fsp3) is 0.548. The number of aryl methyl sites for hydroxylation is 1. The molecule has 16 nitrogen and oxygen atoms in total. The van der Waals surface area contributed by atoms with Crippen molar-refractivity contribution in [1.82, 2.24) is 35.6 Å². The number of hydrogen-bond donors (Lipinski definition) is 4. The van der Waals surface area contributed by atoms with Gasteiger partial charge < -0.3 is 45.4 Å². The van der Waals surface area contributed by atoms with Gasteiger partial charge in [-0.15, -0.1) is 0 Å². The molecule has 60 heavy (non-hydrogen) atoms. The minimum absolute atomic E-state index is 0.0337. The van der Waals surface area contributed by atoms with E-state index in [2.05, 4.69) is 16.0 Å². The van der Waals surface area contributed by atoms with Crippen molar-refractivity contribution in [3.63, 3.8) is 0 Å². The molecule has 0 radical (unpaired) electrons. The smallest absolute Gasteiger partial charge is 0.329 e. The Labute approximate surface area is 353 Å². The molecular weight excluding hydrogens is 801 g/mol. The van der Waals surface area contributed by atoms with Crippen LogP contribution in [0, 0.1) is 18.7 Å². The highest BCUT2D eigenvalue weighted by Gasteiger charge is 2.49. The van der Waals surface area contributed by atoms with E-state index in [0.717, 1.165) is 16.5 Å². The van der Waals surface area contributed by atoms with Gasteiger partial charge >= 0.3 is 5.97 Å². The van der Waals surface area contributed by atoms with E-state index in [1.165, 1.54) is 35.8 Å². The number of carbonyl (C=O) groups is 7. The fourth-order valence-electron chi connectivity index (χ4n) is 8.53. The lowest BCUT2D eigenvalue weighted by Crippen LogP contribution is -2.65. The van der Waals surface area contributed by atoms with Crippen molar-refractivity contribution in [3.05, 3.63) is 70.0 Å². The highest BCUT2D eigenvalue weighted by Crippen LogP contribution is 2.28.